The molecule has 0 nitrogen and oxygen atoms in total. The fourth-order valence-electron chi connectivity index (χ4n) is 2.22. The molecule has 2 heteroatoms. The van der Waals surface area contributed by atoms with Crippen LogP contribution in [-0.4, -0.2) is 0 Å². The number of hydrogen-bond acceptors (Lipinski definition) is 0. The van der Waals surface area contributed by atoms with Crippen LogP contribution in [0.2, 0.25) is 10.0 Å². The average molecular weight is 293 g/mol. The summed E-state index contributed by atoms with van der Waals surface area (Å²) in [7, 11) is 0. The minimum Gasteiger partial charge on any atom is -0.0843 e. The molecule has 1 atom stereocenters. The van der Waals surface area contributed by atoms with Crippen LogP contribution in [0.4, 0.5) is 0 Å². The van der Waals surface area contributed by atoms with E-state index in [0.29, 0.717) is 5.92 Å². The first-order valence-corrected chi connectivity index (χ1v) is 7.40. The Labute approximate surface area is 125 Å². The molecule has 0 saturated heterocycles. The van der Waals surface area contributed by atoms with Crippen molar-refractivity contribution in [1.29, 1.82) is 0 Å². The van der Waals surface area contributed by atoms with Crippen LogP contribution in [0.5, 0.6) is 0 Å². The van der Waals surface area contributed by atoms with Gasteiger partial charge in [0.2, 0.25) is 0 Å². The maximum Gasteiger partial charge on any atom is 0.0406 e. The molecule has 0 bridgehead atoms. The van der Waals surface area contributed by atoms with Crippen molar-refractivity contribution in [2.24, 2.45) is 0 Å². The highest BCUT2D eigenvalue weighted by atomic mass is 35.5. The van der Waals surface area contributed by atoms with E-state index >= 15 is 0 Å². The van der Waals surface area contributed by atoms with Gasteiger partial charge in [0.25, 0.3) is 0 Å². The van der Waals surface area contributed by atoms with Crippen LogP contribution < -0.4 is 0 Å². The van der Waals surface area contributed by atoms with Gasteiger partial charge in [-0.2, -0.15) is 0 Å². The summed E-state index contributed by atoms with van der Waals surface area (Å²) >= 11 is 11.8. The molecule has 0 heterocycles. The lowest BCUT2D eigenvalue weighted by Crippen LogP contribution is -1.95. The molecule has 0 radical (unpaired) electrons. The maximum absolute atomic E-state index is 5.90. The maximum atomic E-state index is 5.90. The first kappa shape index (κ1) is 14.4. The Bertz CT molecular complexity index is 500. The average Bonchev–Trinajstić information content (AvgIpc) is 2.41. The van der Waals surface area contributed by atoms with Gasteiger partial charge < -0.3 is 0 Å². The van der Waals surface area contributed by atoms with Crippen molar-refractivity contribution in [3.05, 3.63) is 69.7 Å². The summed E-state index contributed by atoms with van der Waals surface area (Å²) in [5, 5.41) is 1.61. The highest BCUT2D eigenvalue weighted by Crippen LogP contribution is 2.23. The Morgan fingerprint density at radius 1 is 0.842 bits per heavy atom. The number of rotatable bonds is 5. The second kappa shape index (κ2) is 6.98. The Morgan fingerprint density at radius 2 is 1.37 bits per heavy atom. The van der Waals surface area contributed by atoms with E-state index in [1.54, 1.807) is 0 Å². The normalized spacial score (nSPS) is 12.4. The van der Waals surface area contributed by atoms with Crippen LogP contribution in [0.15, 0.2) is 48.5 Å². The zero-order valence-corrected chi connectivity index (χ0v) is 12.6. The molecular formula is C17H18Cl2. The summed E-state index contributed by atoms with van der Waals surface area (Å²) in [6.45, 7) is 2.27. The van der Waals surface area contributed by atoms with Gasteiger partial charge in [0, 0.05) is 10.0 Å². The van der Waals surface area contributed by atoms with Gasteiger partial charge in [-0.25, -0.2) is 0 Å². The van der Waals surface area contributed by atoms with Crippen molar-refractivity contribution in [2.45, 2.75) is 32.1 Å². The lowest BCUT2D eigenvalue weighted by atomic mass is 9.94. The van der Waals surface area contributed by atoms with Gasteiger partial charge in [0.05, 0.1) is 0 Å². The van der Waals surface area contributed by atoms with Gasteiger partial charge in [-0.1, -0.05) is 54.4 Å². The van der Waals surface area contributed by atoms with E-state index < -0.39 is 0 Å². The summed E-state index contributed by atoms with van der Waals surface area (Å²) in [5.41, 5.74) is 2.72. The second-order valence-electron chi connectivity index (χ2n) is 4.97. The standard InChI is InChI=1S/C17H18Cl2/c1-13(15-7-11-17(19)12-8-15)3-2-4-14-5-9-16(18)10-6-14/h5-13H,2-4H2,1H3. The zero-order valence-electron chi connectivity index (χ0n) is 11.1. The van der Waals surface area contributed by atoms with Crippen molar-refractivity contribution in [2.75, 3.05) is 0 Å². The van der Waals surface area contributed by atoms with E-state index in [1.807, 2.05) is 24.3 Å². The van der Waals surface area contributed by atoms with Crippen molar-refractivity contribution >= 4 is 23.2 Å². The molecule has 2 aromatic carbocycles. The molecule has 0 N–H and O–H groups in total. The smallest absolute Gasteiger partial charge is 0.0406 e. The van der Waals surface area contributed by atoms with Crippen molar-refractivity contribution in [3.63, 3.8) is 0 Å². The SMILES string of the molecule is CC(CCCc1ccc(Cl)cc1)c1ccc(Cl)cc1. The molecule has 2 aromatic rings. The lowest BCUT2D eigenvalue weighted by molar-refractivity contribution is 0.633. The molecule has 1 unspecified atom stereocenters. The quantitative estimate of drug-likeness (QED) is 0.623. The molecule has 0 aliphatic rings. The molecule has 0 aliphatic heterocycles. The molecule has 0 amide bonds. The van der Waals surface area contributed by atoms with Crippen molar-refractivity contribution in [1.82, 2.24) is 0 Å². The van der Waals surface area contributed by atoms with Gasteiger partial charge in [-0.3, -0.25) is 0 Å². The summed E-state index contributed by atoms with van der Waals surface area (Å²) in [6, 6.07) is 16.3. The Balaban J connectivity index is 1.82. The summed E-state index contributed by atoms with van der Waals surface area (Å²) in [6.07, 6.45) is 3.48. The van der Waals surface area contributed by atoms with E-state index in [4.69, 9.17) is 23.2 Å². The first-order valence-electron chi connectivity index (χ1n) is 6.65. The predicted octanol–water partition coefficient (Wildman–Crippen LogP) is 6.12. The molecule has 0 spiro atoms. The van der Waals surface area contributed by atoms with E-state index in [1.165, 1.54) is 24.0 Å². The van der Waals surface area contributed by atoms with Crippen molar-refractivity contribution in [3.8, 4) is 0 Å². The fraction of sp³-hybridized carbons (Fsp3) is 0.294. The Kier molecular flexibility index (Phi) is 5.30. The minimum absolute atomic E-state index is 0.574. The first-order chi connectivity index (χ1) is 9.15. The third-order valence-corrected chi connectivity index (χ3v) is 3.96. The van der Waals surface area contributed by atoms with Crippen molar-refractivity contribution < 1.29 is 0 Å². The lowest BCUT2D eigenvalue weighted by Gasteiger charge is -2.11. The van der Waals surface area contributed by atoms with E-state index in [-0.39, 0.29) is 0 Å². The van der Waals surface area contributed by atoms with Crippen LogP contribution in [-0.2, 0) is 6.42 Å². The van der Waals surface area contributed by atoms with Gasteiger partial charge >= 0.3 is 0 Å². The second-order valence-corrected chi connectivity index (χ2v) is 5.84. The minimum atomic E-state index is 0.574. The summed E-state index contributed by atoms with van der Waals surface area (Å²) < 4.78 is 0. The predicted molar refractivity (Wildman–Crippen MR) is 84.3 cm³/mol. The Hall–Kier alpha value is -0.980. The van der Waals surface area contributed by atoms with Crippen LogP contribution in [0.25, 0.3) is 0 Å². The fourth-order valence-corrected chi connectivity index (χ4v) is 2.47. The highest BCUT2D eigenvalue weighted by Gasteiger charge is 2.05. The third-order valence-electron chi connectivity index (χ3n) is 3.45. The summed E-state index contributed by atoms with van der Waals surface area (Å²) in [5.74, 6) is 0.574. The van der Waals surface area contributed by atoms with Crippen LogP contribution in [0.3, 0.4) is 0 Å². The van der Waals surface area contributed by atoms with Crippen LogP contribution >= 0.6 is 23.2 Å². The number of hydrogen-bond donors (Lipinski definition) is 0. The molecule has 2 rings (SSSR count). The molecule has 0 aliphatic carbocycles. The van der Waals surface area contributed by atoms with Gasteiger partial charge in [0.15, 0.2) is 0 Å². The molecule has 0 fully saturated rings. The topological polar surface area (TPSA) is 0 Å². The highest BCUT2D eigenvalue weighted by molar-refractivity contribution is 6.30. The zero-order chi connectivity index (χ0) is 13.7. The van der Waals surface area contributed by atoms with Gasteiger partial charge in [0.1, 0.15) is 0 Å². The monoisotopic (exact) mass is 292 g/mol. The van der Waals surface area contributed by atoms with Crippen LogP contribution in [0.1, 0.15) is 36.8 Å². The van der Waals surface area contributed by atoms with Gasteiger partial charge in [-0.15, -0.1) is 0 Å². The largest absolute Gasteiger partial charge is 0.0843 e. The number of halogens is 2. The Morgan fingerprint density at radius 3 is 1.95 bits per heavy atom. The molecular weight excluding hydrogens is 275 g/mol. The molecule has 19 heavy (non-hydrogen) atoms. The van der Waals surface area contributed by atoms with Gasteiger partial charge in [-0.05, 0) is 60.6 Å². The third kappa shape index (κ3) is 4.56. The van der Waals surface area contributed by atoms with E-state index in [0.717, 1.165) is 16.5 Å². The summed E-state index contributed by atoms with van der Waals surface area (Å²) in [4.78, 5) is 0. The van der Waals surface area contributed by atoms with Crippen LogP contribution in [0, 0.1) is 0 Å². The number of benzene rings is 2. The number of aryl methyl sites for hydroxylation is 1. The molecule has 0 saturated carbocycles. The molecule has 0 aromatic heterocycles. The van der Waals surface area contributed by atoms with E-state index in [9.17, 15) is 0 Å². The van der Waals surface area contributed by atoms with E-state index in [2.05, 4.69) is 31.2 Å². The molecule has 100 valence electrons.